The minimum absolute atomic E-state index is 0.275. The molecule has 0 aliphatic rings. The highest BCUT2D eigenvalue weighted by Gasteiger charge is 2.34. The summed E-state index contributed by atoms with van der Waals surface area (Å²) in [5.74, 6) is -0.572. The summed E-state index contributed by atoms with van der Waals surface area (Å²) in [6.07, 6.45) is -1.48. The molecule has 0 aliphatic carbocycles. The first-order valence-electron chi connectivity index (χ1n) is 6.54. The molecule has 1 rings (SSSR count). The van der Waals surface area contributed by atoms with Crippen LogP contribution in [0.25, 0.3) is 0 Å². The molecular weight excluding hydrogens is 267 g/mol. The van der Waals surface area contributed by atoms with Gasteiger partial charge in [0, 0.05) is 24.8 Å². The highest BCUT2D eigenvalue weighted by molar-refractivity contribution is 5.97. The van der Waals surface area contributed by atoms with Crippen LogP contribution in [0.5, 0.6) is 0 Å². The van der Waals surface area contributed by atoms with Crippen LogP contribution in [0.2, 0.25) is 0 Å². The number of rotatable bonds is 6. The zero-order valence-electron chi connectivity index (χ0n) is 11.7. The maximum Gasteiger partial charge on any atom is 0.417 e. The van der Waals surface area contributed by atoms with Crippen LogP contribution in [0, 0.1) is 5.41 Å². The Morgan fingerprint density at radius 1 is 1.30 bits per heavy atom. The molecule has 0 unspecified atom stereocenters. The molecule has 6 heteroatoms. The number of anilines is 1. The van der Waals surface area contributed by atoms with Gasteiger partial charge in [-0.15, -0.1) is 0 Å². The van der Waals surface area contributed by atoms with Crippen molar-refractivity contribution in [1.82, 2.24) is 0 Å². The number of amidine groups is 1. The molecule has 112 valence electrons. The largest absolute Gasteiger partial charge is 0.417 e. The van der Waals surface area contributed by atoms with Gasteiger partial charge in [-0.1, -0.05) is 19.8 Å². The maximum atomic E-state index is 13.0. The lowest BCUT2D eigenvalue weighted by molar-refractivity contribution is -0.137. The van der Waals surface area contributed by atoms with Gasteiger partial charge in [0.25, 0.3) is 0 Å². The molecule has 0 saturated heterocycles. The summed E-state index contributed by atoms with van der Waals surface area (Å²) < 4.78 is 39.0. The number of hydrogen-bond acceptors (Lipinski definition) is 2. The summed E-state index contributed by atoms with van der Waals surface area (Å²) in [4.78, 5) is 1.79. The lowest BCUT2D eigenvalue weighted by Gasteiger charge is -2.21. The van der Waals surface area contributed by atoms with Crippen molar-refractivity contribution in [2.45, 2.75) is 32.4 Å². The second kappa shape index (κ2) is 6.63. The monoisotopic (exact) mass is 287 g/mol. The molecule has 0 bridgehead atoms. The van der Waals surface area contributed by atoms with Gasteiger partial charge in [0.15, 0.2) is 0 Å². The first-order chi connectivity index (χ1) is 9.27. The molecule has 0 atom stereocenters. The Kier molecular flexibility index (Phi) is 5.42. The van der Waals surface area contributed by atoms with E-state index in [9.17, 15) is 13.2 Å². The quantitative estimate of drug-likeness (QED) is 0.477. The summed E-state index contributed by atoms with van der Waals surface area (Å²) in [6, 6.07) is 3.89. The molecule has 0 heterocycles. The standard InChI is InChI=1S/C14H20F3N3/c1-3-4-5-8-20(2)10-6-7-11(13(18)19)12(9-10)14(15,16)17/h6-7,9H,3-5,8H2,1-2H3,(H3,18,19). The van der Waals surface area contributed by atoms with E-state index in [4.69, 9.17) is 11.1 Å². The Labute approximate surface area is 117 Å². The number of alkyl halides is 3. The first-order valence-corrected chi connectivity index (χ1v) is 6.54. The van der Waals surface area contributed by atoms with Crippen molar-refractivity contribution < 1.29 is 13.2 Å². The fraction of sp³-hybridized carbons (Fsp3) is 0.500. The molecule has 3 nitrogen and oxygen atoms in total. The van der Waals surface area contributed by atoms with E-state index in [1.54, 1.807) is 18.0 Å². The number of halogens is 3. The van der Waals surface area contributed by atoms with E-state index in [0.717, 1.165) is 25.3 Å². The third kappa shape index (κ3) is 4.15. The summed E-state index contributed by atoms with van der Waals surface area (Å²) in [6.45, 7) is 2.77. The van der Waals surface area contributed by atoms with Crippen molar-refractivity contribution in [2.75, 3.05) is 18.5 Å². The van der Waals surface area contributed by atoms with E-state index < -0.39 is 17.6 Å². The fourth-order valence-electron chi connectivity index (χ4n) is 1.97. The number of nitrogens with one attached hydrogen (secondary N) is 1. The van der Waals surface area contributed by atoms with Gasteiger partial charge < -0.3 is 10.6 Å². The van der Waals surface area contributed by atoms with Gasteiger partial charge in [-0.2, -0.15) is 13.2 Å². The van der Waals surface area contributed by atoms with Crippen LogP contribution in [-0.2, 0) is 6.18 Å². The van der Waals surface area contributed by atoms with Gasteiger partial charge in [-0.3, -0.25) is 5.41 Å². The molecule has 1 aromatic rings. The predicted molar refractivity (Wildman–Crippen MR) is 75.3 cm³/mol. The smallest absolute Gasteiger partial charge is 0.384 e. The van der Waals surface area contributed by atoms with Crippen molar-refractivity contribution in [3.05, 3.63) is 29.3 Å². The van der Waals surface area contributed by atoms with E-state index in [1.165, 1.54) is 6.07 Å². The normalized spacial score (nSPS) is 11.4. The lowest BCUT2D eigenvalue weighted by atomic mass is 10.0. The van der Waals surface area contributed by atoms with E-state index in [-0.39, 0.29) is 5.56 Å². The Morgan fingerprint density at radius 2 is 1.95 bits per heavy atom. The molecule has 3 N–H and O–H groups in total. The van der Waals surface area contributed by atoms with Crippen LogP contribution in [0.1, 0.15) is 37.3 Å². The van der Waals surface area contributed by atoms with Gasteiger partial charge in [-0.05, 0) is 24.6 Å². The lowest BCUT2D eigenvalue weighted by Crippen LogP contribution is -2.22. The van der Waals surface area contributed by atoms with Crippen molar-refractivity contribution in [1.29, 1.82) is 5.41 Å². The molecule has 0 fully saturated rings. The van der Waals surface area contributed by atoms with Crippen LogP contribution in [0.15, 0.2) is 18.2 Å². The molecule has 0 saturated carbocycles. The number of nitrogen functional groups attached to an aromatic ring is 1. The second-order valence-corrected chi connectivity index (χ2v) is 4.77. The van der Waals surface area contributed by atoms with Crippen LogP contribution in [-0.4, -0.2) is 19.4 Å². The van der Waals surface area contributed by atoms with Crippen molar-refractivity contribution in [3.63, 3.8) is 0 Å². The number of benzene rings is 1. The van der Waals surface area contributed by atoms with Crippen molar-refractivity contribution >= 4 is 11.5 Å². The number of nitrogens with zero attached hydrogens (tertiary/aromatic N) is 1. The van der Waals surface area contributed by atoms with Crippen LogP contribution < -0.4 is 10.6 Å². The zero-order valence-corrected chi connectivity index (χ0v) is 11.7. The average Bonchev–Trinajstić information content (AvgIpc) is 2.37. The van der Waals surface area contributed by atoms with Crippen LogP contribution >= 0.6 is 0 Å². The molecule has 0 spiro atoms. The zero-order chi connectivity index (χ0) is 15.3. The van der Waals surface area contributed by atoms with Crippen molar-refractivity contribution in [2.24, 2.45) is 5.73 Å². The highest BCUT2D eigenvalue weighted by atomic mass is 19.4. The van der Waals surface area contributed by atoms with E-state index >= 15 is 0 Å². The van der Waals surface area contributed by atoms with Crippen molar-refractivity contribution in [3.8, 4) is 0 Å². The minimum Gasteiger partial charge on any atom is -0.384 e. The Morgan fingerprint density at radius 3 is 2.45 bits per heavy atom. The van der Waals surface area contributed by atoms with E-state index in [2.05, 4.69) is 6.92 Å². The Hall–Kier alpha value is -1.72. The topological polar surface area (TPSA) is 53.1 Å². The number of unbranched alkanes of at least 4 members (excludes halogenated alkanes) is 2. The number of nitrogens with two attached hydrogens (primary N) is 1. The summed E-state index contributed by atoms with van der Waals surface area (Å²) >= 11 is 0. The highest BCUT2D eigenvalue weighted by Crippen LogP contribution is 2.34. The van der Waals surface area contributed by atoms with E-state index in [0.29, 0.717) is 12.2 Å². The van der Waals surface area contributed by atoms with Gasteiger partial charge in [0.05, 0.1) is 5.56 Å². The molecular formula is C14H20F3N3. The SMILES string of the molecule is CCCCCN(C)c1ccc(C(=N)N)c(C(F)(F)F)c1. The summed E-state index contributed by atoms with van der Waals surface area (Å²) in [5.41, 5.74) is 4.56. The Balaban J connectivity index is 3.03. The first kappa shape index (κ1) is 16.3. The third-order valence-electron chi connectivity index (χ3n) is 3.14. The van der Waals surface area contributed by atoms with Gasteiger partial charge >= 0.3 is 6.18 Å². The third-order valence-corrected chi connectivity index (χ3v) is 3.14. The van der Waals surface area contributed by atoms with Gasteiger partial charge in [-0.25, -0.2) is 0 Å². The summed E-state index contributed by atoms with van der Waals surface area (Å²) in [5, 5.41) is 7.23. The molecule has 0 radical (unpaired) electrons. The molecule has 0 amide bonds. The molecule has 0 aliphatic heterocycles. The average molecular weight is 287 g/mol. The van der Waals surface area contributed by atoms with Gasteiger partial charge in [0.1, 0.15) is 5.84 Å². The predicted octanol–water partition coefficient (Wildman–Crippen LogP) is 3.62. The minimum atomic E-state index is -4.51. The fourth-order valence-corrected chi connectivity index (χ4v) is 1.97. The van der Waals surface area contributed by atoms with E-state index in [1.807, 2.05) is 0 Å². The maximum absolute atomic E-state index is 13.0. The molecule has 0 aromatic heterocycles. The Bertz CT molecular complexity index is 469. The summed E-state index contributed by atoms with van der Waals surface area (Å²) in [7, 11) is 1.76. The van der Waals surface area contributed by atoms with Gasteiger partial charge in [0.2, 0.25) is 0 Å². The van der Waals surface area contributed by atoms with Crippen LogP contribution in [0.3, 0.4) is 0 Å². The molecule has 20 heavy (non-hydrogen) atoms. The molecule has 1 aromatic carbocycles. The number of hydrogen-bond donors (Lipinski definition) is 2. The second-order valence-electron chi connectivity index (χ2n) is 4.77. The van der Waals surface area contributed by atoms with Crippen LogP contribution in [0.4, 0.5) is 18.9 Å².